The summed E-state index contributed by atoms with van der Waals surface area (Å²) in [7, 11) is 3.75. The van der Waals surface area contributed by atoms with Crippen LogP contribution < -0.4 is 11.2 Å². The second-order valence-corrected chi connectivity index (χ2v) is 8.40. The standard InChI is InChI=1S/C21H22ClF2N7O3/c1-29(2)8-9-30-18-17(26-20(22)27-18)19(32)31(21(30)33)7-3-4-16-25-15(28-34-16)10-12-5-6-13(23)11-14(12)24/h5-6,11H,3-4,7-10H2,1-2H3,(H,26,27). The van der Waals surface area contributed by atoms with E-state index in [0.717, 1.165) is 16.7 Å². The molecule has 0 aliphatic carbocycles. The quantitative estimate of drug-likeness (QED) is 0.354. The molecule has 3 aromatic heterocycles. The molecule has 0 spiro atoms. The van der Waals surface area contributed by atoms with Crippen LogP contribution in [-0.2, 0) is 25.9 Å². The Kier molecular flexibility index (Phi) is 6.89. The number of aryl methyl sites for hydroxylation is 1. The van der Waals surface area contributed by atoms with Gasteiger partial charge in [0.05, 0.1) is 0 Å². The first-order valence-electron chi connectivity index (χ1n) is 10.5. The lowest BCUT2D eigenvalue weighted by Crippen LogP contribution is -2.41. The molecule has 13 heteroatoms. The van der Waals surface area contributed by atoms with Crippen LogP contribution in [0.1, 0.15) is 23.7 Å². The fraction of sp³-hybridized carbons (Fsp3) is 0.381. The molecule has 0 aliphatic rings. The first kappa shape index (κ1) is 23.8. The minimum absolute atomic E-state index is 0.0267. The summed E-state index contributed by atoms with van der Waals surface area (Å²) < 4.78 is 34.6. The van der Waals surface area contributed by atoms with Crippen LogP contribution in [0.15, 0.2) is 32.3 Å². The Bertz CT molecular complexity index is 1440. The molecule has 0 radical (unpaired) electrons. The van der Waals surface area contributed by atoms with E-state index in [-0.39, 0.29) is 46.7 Å². The lowest BCUT2D eigenvalue weighted by molar-refractivity contribution is 0.364. The van der Waals surface area contributed by atoms with Crippen molar-refractivity contribution in [3.8, 4) is 0 Å². The zero-order valence-corrected chi connectivity index (χ0v) is 19.3. The average molecular weight is 494 g/mol. The van der Waals surface area contributed by atoms with Crippen molar-refractivity contribution in [3.05, 3.63) is 73.2 Å². The first-order chi connectivity index (χ1) is 16.2. The third-order valence-electron chi connectivity index (χ3n) is 5.25. The molecule has 1 N–H and O–H groups in total. The molecule has 180 valence electrons. The van der Waals surface area contributed by atoms with E-state index >= 15 is 0 Å². The second kappa shape index (κ2) is 9.85. The summed E-state index contributed by atoms with van der Waals surface area (Å²) >= 11 is 5.95. The van der Waals surface area contributed by atoms with Gasteiger partial charge in [0.15, 0.2) is 17.0 Å². The molecule has 0 aliphatic heterocycles. The summed E-state index contributed by atoms with van der Waals surface area (Å²) in [5.74, 6) is -0.825. The Morgan fingerprint density at radius 3 is 2.68 bits per heavy atom. The van der Waals surface area contributed by atoms with Crippen molar-refractivity contribution in [3.63, 3.8) is 0 Å². The van der Waals surface area contributed by atoms with Gasteiger partial charge in [0.2, 0.25) is 11.2 Å². The Hall–Kier alpha value is -3.38. The number of hydrogen-bond acceptors (Lipinski definition) is 7. The van der Waals surface area contributed by atoms with E-state index in [0.29, 0.717) is 25.9 Å². The maximum absolute atomic E-state index is 13.8. The molecule has 0 amide bonds. The summed E-state index contributed by atoms with van der Waals surface area (Å²) in [5.41, 5.74) is -0.387. The predicted molar refractivity (Wildman–Crippen MR) is 120 cm³/mol. The number of aromatic amines is 1. The Morgan fingerprint density at radius 1 is 1.15 bits per heavy atom. The molecular formula is C21H22ClF2N7O3. The van der Waals surface area contributed by atoms with Gasteiger partial charge in [0.1, 0.15) is 11.6 Å². The number of halogens is 3. The fourth-order valence-corrected chi connectivity index (χ4v) is 3.70. The molecule has 4 aromatic rings. The lowest BCUT2D eigenvalue weighted by atomic mass is 10.1. The van der Waals surface area contributed by atoms with Crippen LogP contribution in [0.25, 0.3) is 11.2 Å². The number of H-pyrrole nitrogens is 1. The second-order valence-electron chi connectivity index (χ2n) is 8.04. The molecule has 1 aromatic carbocycles. The molecule has 0 saturated carbocycles. The maximum atomic E-state index is 13.8. The number of nitrogens with one attached hydrogen (secondary N) is 1. The van der Waals surface area contributed by atoms with Gasteiger partial charge >= 0.3 is 5.69 Å². The molecule has 3 heterocycles. The summed E-state index contributed by atoms with van der Waals surface area (Å²) in [6.45, 7) is 1.00. The molecule has 34 heavy (non-hydrogen) atoms. The molecular weight excluding hydrogens is 472 g/mol. The van der Waals surface area contributed by atoms with Crippen molar-refractivity contribution < 1.29 is 13.3 Å². The van der Waals surface area contributed by atoms with Crippen molar-refractivity contribution in [2.75, 3.05) is 20.6 Å². The summed E-state index contributed by atoms with van der Waals surface area (Å²) in [5, 5.41) is 3.85. The van der Waals surface area contributed by atoms with Crippen molar-refractivity contribution >= 4 is 22.8 Å². The number of rotatable bonds is 9. The van der Waals surface area contributed by atoms with Gasteiger partial charge in [-0.2, -0.15) is 9.97 Å². The minimum atomic E-state index is -0.689. The van der Waals surface area contributed by atoms with Crippen LogP contribution >= 0.6 is 11.6 Å². The topological polar surface area (TPSA) is 115 Å². The Morgan fingerprint density at radius 2 is 1.94 bits per heavy atom. The van der Waals surface area contributed by atoms with Crippen molar-refractivity contribution in [2.24, 2.45) is 0 Å². The molecule has 4 rings (SSSR count). The molecule has 0 saturated heterocycles. The van der Waals surface area contributed by atoms with Crippen molar-refractivity contribution in [1.82, 2.24) is 34.1 Å². The van der Waals surface area contributed by atoms with E-state index in [1.807, 2.05) is 19.0 Å². The lowest BCUT2D eigenvalue weighted by Gasteiger charge is -2.13. The van der Waals surface area contributed by atoms with Crippen LogP contribution in [0.3, 0.4) is 0 Å². The van der Waals surface area contributed by atoms with E-state index in [2.05, 4.69) is 20.1 Å². The normalized spacial score (nSPS) is 11.7. The van der Waals surface area contributed by atoms with Crippen molar-refractivity contribution in [1.29, 1.82) is 0 Å². The van der Waals surface area contributed by atoms with Gasteiger partial charge in [-0.3, -0.25) is 13.9 Å². The number of nitrogens with zero attached hydrogens (tertiary/aromatic N) is 6. The monoisotopic (exact) mass is 493 g/mol. The number of hydrogen-bond donors (Lipinski definition) is 1. The number of likely N-dealkylation sites (N-methyl/N-ethyl adjacent to an activating group) is 1. The van der Waals surface area contributed by atoms with Gasteiger partial charge in [0.25, 0.3) is 5.56 Å². The van der Waals surface area contributed by atoms with Gasteiger partial charge in [0, 0.05) is 38.5 Å². The third kappa shape index (κ3) is 5.07. The van der Waals surface area contributed by atoms with Gasteiger partial charge < -0.3 is 14.4 Å². The molecule has 10 nitrogen and oxygen atoms in total. The van der Waals surface area contributed by atoms with Gasteiger partial charge in [-0.05, 0) is 43.7 Å². The van der Waals surface area contributed by atoms with E-state index < -0.39 is 22.9 Å². The fourth-order valence-electron chi connectivity index (χ4n) is 3.52. The Balaban J connectivity index is 1.49. The maximum Gasteiger partial charge on any atom is 0.332 e. The summed E-state index contributed by atoms with van der Waals surface area (Å²) in [4.78, 5) is 38.8. The van der Waals surface area contributed by atoms with E-state index in [4.69, 9.17) is 16.1 Å². The number of fused-ring (bicyclic) bond motifs is 1. The van der Waals surface area contributed by atoms with E-state index in [1.165, 1.54) is 10.6 Å². The highest BCUT2D eigenvalue weighted by atomic mass is 35.5. The SMILES string of the molecule is CN(C)CCn1c(=O)n(CCCc2nc(Cc3ccc(F)cc3F)no2)c(=O)c2[nH]c(Cl)nc21. The van der Waals surface area contributed by atoms with Gasteiger partial charge in [-0.15, -0.1) is 0 Å². The van der Waals surface area contributed by atoms with Crippen molar-refractivity contribution in [2.45, 2.75) is 32.4 Å². The van der Waals surface area contributed by atoms with Gasteiger partial charge in [-0.1, -0.05) is 11.2 Å². The molecule has 0 atom stereocenters. The largest absolute Gasteiger partial charge is 0.339 e. The summed E-state index contributed by atoms with van der Waals surface area (Å²) in [6.07, 6.45) is 0.704. The van der Waals surface area contributed by atoms with E-state index in [1.54, 1.807) is 0 Å². The number of imidazole rings is 1. The molecule has 0 fully saturated rings. The highest BCUT2D eigenvalue weighted by molar-refractivity contribution is 6.28. The van der Waals surface area contributed by atoms with E-state index in [9.17, 15) is 18.4 Å². The predicted octanol–water partition coefficient (Wildman–Crippen LogP) is 1.99. The smallest absolute Gasteiger partial charge is 0.332 e. The van der Waals surface area contributed by atoms with Gasteiger partial charge in [-0.25, -0.2) is 13.6 Å². The van der Waals surface area contributed by atoms with Crippen LogP contribution in [0.5, 0.6) is 0 Å². The van der Waals surface area contributed by atoms with Crippen LogP contribution in [0, 0.1) is 11.6 Å². The van der Waals surface area contributed by atoms with Crippen LogP contribution in [-0.4, -0.2) is 54.8 Å². The first-order valence-corrected chi connectivity index (χ1v) is 10.9. The van der Waals surface area contributed by atoms with Crippen LogP contribution in [0.4, 0.5) is 8.78 Å². The van der Waals surface area contributed by atoms with Crippen LogP contribution in [0.2, 0.25) is 5.28 Å². The summed E-state index contributed by atoms with van der Waals surface area (Å²) in [6, 6.07) is 3.28. The highest BCUT2D eigenvalue weighted by Crippen LogP contribution is 2.14. The average Bonchev–Trinajstić information content (AvgIpc) is 3.38. The minimum Gasteiger partial charge on any atom is -0.339 e. The molecule has 0 unspecified atom stereocenters. The number of aromatic nitrogens is 6. The highest BCUT2D eigenvalue weighted by Gasteiger charge is 2.17. The molecule has 0 bridgehead atoms. The third-order valence-corrected chi connectivity index (χ3v) is 5.43. The number of benzene rings is 1. The Labute approximate surface area is 196 Å². The zero-order valence-electron chi connectivity index (χ0n) is 18.5. The zero-order chi connectivity index (χ0) is 24.4.